The molecule has 0 spiro atoms. The minimum atomic E-state index is -0.0577. The van der Waals surface area contributed by atoms with Gasteiger partial charge in [-0.3, -0.25) is 14.6 Å². The lowest BCUT2D eigenvalue weighted by Crippen LogP contribution is -2.49. The predicted molar refractivity (Wildman–Crippen MR) is 131 cm³/mol. The number of carbonyl (C=O) groups is 1. The zero-order valence-electron chi connectivity index (χ0n) is 19.2. The van der Waals surface area contributed by atoms with E-state index in [-0.39, 0.29) is 11.9 Å². The Balaban J connectivity index is 1.38. The molecule has 0 atom stereocenters. The van der Waals surface area contributed by atoms with Gasteiger partial charge in [0.05, 0.1) is 32.5 Å². The minimum Gasteiger partial charge on any atom is -0.497 e. The average Bonchev–Trinajstić information content (AvgIpc) is 2.86. The van der Waals surface area contributed by atoms with Gasteiger partial charge in [0.1, 0.15) is 11.5 Å². The summed E-state index contributed by atoms with van der Waals surface area (Å²) >= 11 is 0. The van der Waals surface area contributed by atoms with Crippen molar-refractivity contribution in [1.82, 2.24) is 9.80 Å². The highest BCUT2D eigenvalue weighted by Gasteiger charge is 2.27. The molecule has 0 saturated carbocycles. The summed E-state index contributed by atoms with van der Waals surface area (Å²) in [5, 5.41) is 2.97. The Morgan fingerprint density at radius 2 is 1.45 bits per heavy atom. The Hall–Kier alpha value is -3.35. The Labute approximate surface area is 195 Å². The fraction of sp³-hybridized carbons (Fsp3) is 0.296. The van der Waals surface area contributed by atoms with Crippen LogP contribution in [0.3, 0.4) is 0 Å². The molecule has 33 heavy (non-hydrogen) atoms. The van der Waals surface area contributed by atoms with Crippen LogP contribution in [-0.4, -0.2) is 62.7 Å². The lowest BCUT2D eigenvalue weighted by molar-refractivity contribution is -0.117. The molecule has 0 unspecified atom stereocenters. The first kappa shape index (κ1) is 22.8. The molecule has 4 rings (SSSR count). The second-order valence-corrected chi connectivity index (χ2v) is 8.15. The van der Waals surface area contributed by atoms with Gasteiger partial charge in [-0.15, -0.1) is 0 Å². The molecule has 0 radical (unpaired) electrons. The average molecular weight is 446 g/mol. The number of carbonyl (C=O) groups excluding carboxylic acids is 1. The molecular weight excluding hydrogens is 414 g/mol. The maximum Gasteiger partial charge on any atom is 0.238 e. The summed E-state index contributed by atoms with van der Waals surface area (Å²) in [5.41, 5.74) is 3.20. The number of piperazine rings is 1. The molecule has 0 aromatic heterocycles. The van der Waals surface area contributed by atoms with Crippen molar-refractivity contribution in [2.45, 2.75) is 6.04 Å². The van der Waals surface area contributed by atoms with Gasteiger partial charge in [-0.25, -0.2) is 0 Å². The third kappa shape index (κ3) is 5.72. The van der Waals surface area contributed by atoms with Crippen molar-refractivity contribution in [3.05, 3.63) is 90.0 Å². The standard InChI is InChI=1S/C27H31N3O3/c1-32-23-13-14-25(33-2)24(19-23)28-26(31)20-29-15-17-30(18-16-29)27(21-9-5-3-6-10-21)22-11-7-4-8-12-22/h3-14,19,27H,15-18,20H2,1-2H3,(H,28,31). The van der Waals surface area contributed by atoms with Gasteiger partial charge in [0.2, 0.25) is 5.91 Å². The van der Waals surface area contributed by atoms with E-state index in [1.54, 1.807) is 26.4 Å². The second-order valence-electron chi connectivity index (χ2n) is 8.15. The fourth-order valence-electron chi connectivity index (χ4n) is 4.37. The highest BCUT2D eigenvalue weighted by Crippen LogP contribution is 2.30. The summed E-state index contributed by atoms with van der Waals surface area (Å²) in [7, 11) is 3.19. The number of benzene rings is 3. The second kappa shape index (κ2) is 11.0. The van der Waals surface area contributed by atoms with Crippen LogP contribution in [-0.2, 0) is 4.79 Å². The van der Waals surface area contributed by atoms with Crippen molar-refractivity contribution < 1.29 is 14.3 Å². The van der Waals surface area contributed by atoms with Gasteiger partial charge >= 0.3 is 0 Å². The number of ether oxygens (including phenoxy) is 2. The molecule has 1 heterocycles. The van der Waals surface area contributed by atoms with Gasteiger partial charge in [0, 0.05) is 32.2 Å². The highest BCUT2D eigenvalue weighted by molar-refractivity contribution is 5.94. The number of nitrogens with one attached hydrogen (secondary N) is 1. The third-order valence-corrected chi connectivity index (χ3v) is 6.05. The smallest absolute Gasteiger partial charge is 0.238 e. The van der Waals surface area contributed by atoms with Gasteiger partial charge in [-0.1, -0.05) is 60.7 Å². The number of hydrogen-bond donors (Lipinski definition) is 1. The Morgan fingerprint density at radius 3 is 2.00 bits per heavy atom. The molecule has 3 aromatic carbocycles. The van der Waals surface area contributed by atoms with Crippen LogP contribution in [0.25, 0.3) is 0 Å². The van der Waals surface area contributed by atoms with Crippen molar-refractivity contribution in [2.24, 2.45) is 0 Å². The molecule has 1 aliphatic heterocycles. The molecule has 1 fully saturated rings. The van der Waals surface area contributed by atoms with Crippen molar-refractivity contribution in [3.8, 4) is 11.5 Å². The first-order chi connectivity index (χ1) is 16.2. The molecule has 1 N–H and O–H groups in total. The Morgan fingerprint density at radius 1 is 0.848 bits per heavy atom. The van der Waals surface area contributed by atoms with Crippen molar-refractivity contribution in [1.29, 1.82) is 0 Å². The van der Waals surface area contributed by atoms with E-state index in [1.165, 1.54) is 11.1 Å². The van der Waals surface area contributed by atoms with Gasteiger partial charge in [0.15, 0.2) is 0 Å². The molecule has 0 bridgehead atoms. The summed E-state index contributed by atoms with van der Waals surface area (Å²) in [6, 6.07) is 26.9. The maximum absolute atomic E-state index is 12.7. The number of anilines is 1. The summed E-state index contributed by atoms with van der Waals surface area (Å²) in [5.74, 6) is 1.23. The largest absolute Gasteiger partial charge is 0.497 e. The van der Waals surface area contributed by atoms with Crippen LogP contribution in [0.1, 0.15) is 17.2 Å². The first-order valence-corrected chi connectivity index (χ1v) is 11.3. The summed E-state index contributed by atoms with van der Waals surface area (Å²) in [6.45, 7) is 3.79. The van der Waals surface area contributed by atoms with E-state index >= 15 is 0 Å². The van der Waals surface area contributed by atoms with E-state index in [1.807, 2.05) is 6.07 Å². The van der Waals surface area contributed by atoms with Crippen molar-refractivity contribution in [3.63, 3.8) is 0 Å². The monoisotopic (exact) mass is 445 g/mol. The van der Waals surface area contributed by atoms with Crippen LogP contribution < -0.4 is 14.8 Å². The lowest BCUT2D eigenvalue weighted by Gasteiger charge is -2.39. The van der Waals surface area contributed by atoms with Gasteiger partial charge in [-0.05, 0) is 23.3 Å². The predicted octanol–water partition coefficient (Wildman–Crippen LogP) is 4.05. The molecule has 1 amide bonds. The van der Waals surface area contributed by atoms with Crippen LogP contribution in [0.2, 0.25) is 0 Å². The van der Waals surface area contributed by atoms with Crippen molar-refractivity contribution >= 4 is 11.6 Å². The molecular formula is C27H31N3O3. The SMILES string of the molecule is COc1ccc(OC)c(NC(=O)CN2CCN(C(c3ccccc3)c3ccccc3)CC2)c1. The summed E-state index contributed by atoms with van der Waals surface area (Å²) in [4.78, 5) is 17.4. The van der Waals surface area contributed by atoms with Gasteiger partial charge in [0.25, 0.3) is 0 Å². The van der Waals surface area contributed by atoms with E-state index in [9.17, 15) is 4.79 Å². The molecule has 172 valence electrons. The Kier molecular flexibility index (Phi) is 7.60. The zero-order chi connectivity index (χ0) is 23.0. The van der Waals surface area contributed by atoms with Crippen LogP contribution in [0.5, 0.6) is 11.5 Å². The topological polar surface area (TPSA) is 54.0 Å². The van der Waals surface area contributed by atoms with Crippen LogP contribution >= 0.6 is 0 Å². The lowest BCUT2D eigenvalue weighted by atomic mass is 9.96. The highest BCUT2D eigenvalue weighted by atomic mass is 16.5. The van der Waals surface area contributed by atoms with Crippen LogP contribution in [0.4, 0.5) is 5.69 Å². The molecule has 0 aliphatic carbocycles. The number of rotatable bonds is 8. The molecule has 1 aliphatic rings. The maximum atomic E-state index is 12.7. The van der Waals surface area contributed by atoms with E-state index < -0.39 is 0 Å². The van der Waals surface area contributed by atoms with E-state index in [0.717, 1.165) is 26.2 Å². The summed E-state index contributed by atoms with van der Waals surface area (Å²) < 4.78 is 10.6. The third-order valence-electron chi connectivity index (χ3n) is 6.05. The van der Waals surface area contributed by atoms with E-state index in [4.69, 9.17) is 9.47 Å². The van der Waals surface area contributed by atoms with E-state index in [0.29, 0.717) is 23.7 Å². The normalized spacial score (nSPS) is 14.8. The zero-order valence-corrected chi connectivity index (χ0v) is 19.2. The summed E-state index contributed by atoms with van der Waals surface area (Å²) in [6.07, 6.45) is 0. The van der Waals surface area contributed by atoms with Gasteiger partial charge in [-0.2, -0.15) is 0 Å². The van der Waals surface area contributed by atoms with Crippen molar-refractivity contribution in [2.75, 3.05) is 52.3 Å². The first-order valence-electron chi connectivity index (χ1n) is 11.3. The number of hydrogen-bond acceptors (Lipinski definition) is 5. The fourth-order valence-corrected chi connectivity index (χ4v) is 4.37. The molecule has 6 heteroatoms. The van der Waals surface area contributed by atoms with Gasteiger partial charge < -0.3 is 14.8 Å². The Bertz CT molecular complexity index is 995. The van der Waals surface area contributed by atoms with Crippen LogP contribution in [0, 0.1) is 0 Å². The number of nitrogens with zero attached hydrogens (tertiary/aromatic N) is 2. The number of amides is 1. The van der Waals surface area contributed by atoms with E-state index in [2.05, 4.69) is 75.8 Å². The number of methoxy groups -OCH3 is 2. The molecule has 1 saturated heterocycles. The van der Waals surface area contributed by atoms with Crippen LogP contribution in [0.15, 0.2) is 78.9 Å². The quantitative estimate of drug-likeness (QED) is 0.567. The molecule has 6 nitrogen and oxygen atoms in total. The molecule has 3 aromatic rings. The minimum absolute atomic E-state index is 0.0577.